The van der Waals surface area contributed by atoms with Gasteiger partial charge in [-0.05, 0) is 0 Å². The van der Waals surface area contributed by atoms with E-state index in [1.54, 1.807) is 0 Å². The van der Waals surface area contributed by atoms with Crippen LogP contribution in [0.3, 0.4) is 0 Å². The average molecular weight is 168 g/mol. The third-order valence-corrected chi connectivity index (χ3v) is 3.33. The summed E-state index contributed by atoms with van der Waals surface area (Å²) in [6.07, 6.45) is 0. The van der Waals surface area contributed by atoms with Crippen LogP contribution in [-0.2, 0) is 4.79 Å². The zero-order valence-corrected chi connectivity index (χ0v) is 6.90. The third-order valence-electron chi connectivity index (χ3n) is 3.33. The van der Waals surface area contributed by atoms with Gasteiger partial charge in [-0.25, -0.2) is 0 Å². The molecule has 0 saturated carbocycles. The first-order chi connectivity index (χ1) is 5.66. The van der Waals surface area contributed by atoms with Gasteiger partial charge in [0.05, 0.1) is 24.9 Å². The van der Waals surface area contributed by atoms with Crippen molar-refractivity contribution in [2.45, 2.75) is 0 Å². The van der Waals surface area contributed by atoms with Crippen LogP contribution < -0.4 is 0 Å². The number of rotatable bonds is 0. The van der Waals surface area contributed by atoms with Crippen LogP contribution in [-0.4, -0.2) is 48.2 Å². The Morgan fingerprint density at radius 2 is 1.92 bits per heavy atom. The minimum Gasteiger partial charge on any atom is -0.632 e. The van der Waals surface area contributed by atoms with E-state index in [0.717, 1.165) is 13.1 Å². The molecule has 4 rings (SSSR count). The quantitative estimate of drug-likeness (QED) is 0.358. The number of carbonyl (C=O) groups is 1. The van der Waals surface area contributed by atoms with E-state index in [9.17, 15) is 10.0 Å². The summed E-state index contributed by atoms with van der Waals surface area (Å²) >= 11 is 0. The molecule has 2 unspecified atom stereocenters. The number of carbonyl (C=O) groups excluding carboxylic acids is 1. The van der Waals surface area contributed by atoms with Crippen LogP contribution in [0.4, 0.5) is 0 Å². The second-order valence-corrected chi connectivity index (χ2v) is 4.40. The first-order valence-electron chi connectivity index (χ1n) is 4.49. The van der Waals surface area contributed by atoms with Crippen molar-refractivity contribution in [3.05, 3.63) is 5.21 Å². The molecule has 0 radical (unpaired) electrons. The number of nitrogens with zero attached hydrogens (tertiary/aromatic N) is 2. The van der Waals surface area contributed by atoms with Gasteiger partial charge in [-0.1, -0.05) is 0 Å². The van der Waals surface area contributed by atoms with Crippen molar-refractivity contribution >= 4 is 5.78 Å². The van der Waals surface area contributed by atoms with Crippen molar-refractivity contribution in [1.82, 2.24) is 4.90 Å². The molecule has 0 aromatic rings. The largest absolute Gasteiger partial charge is 0.632 e. The molecule has 4 aliphatic rings. The minimum atomic E-state index is -0.124. The molecule has 0 aromatic heterocycles. The zero-order chi connectivity index (χ0) is 8.34. The van der Waals surface area contributed by atoms with Gasteiger partial charge < -0.3 is 9.85 Å². The van der Waals surface area contributed by atoms with E-state index < -0.39 is 0 Å². The molecule has 4 heterocycles. The molecule has 0 aromatic carbocycles. The Morgan fingerprint density at radius 1 is 1.33 bits per heavy atom. The van der Waals surface area contributed by atoms with Crippen molar-refractivity contribution in [2.75, 3.05) is 32.8 Å². The monoisotopic (exact) mass is 168 g/mol. The molecule has 0 amide bonds. The standard InChI is InChI=1S/C8H12N2O2/c11-8-6-1-9-2-7(8)4-10(12,3-6)5-9/h6-7H,1-5H2/t6-,7+,10?. The first-order valence-corrected chi connectivity index (χ1v) is 4.49. The second kappa shape index (κ2) is 1.89. The Bertz CT molecular complexity index is 235. The highest BCUT2D eigenvalue weighted by Crippen LogP contribution is 2.35. The van der Waals surface area contributed by atoms with Crippen molar-refractivity contribution in [3.63, 3.8) is 0 Å². The molecular formula is C8H12N2O2. The number of hydrogen-bond acceptors (Lipinski definition) is 3. The van der Waals surface area contributed by atoms with E-state index in [4.69, 9.17) is 0 Å². The summed E-state index contributed by atoms with van der Waals surface area (Å²) in [5.41, 5.74) is 0. The summed E-state index contributed by atoms with van der Waals surface area (Å²) < 4.78 is -0.124. The van der Waals surface area contributed by atoms with Crippen LogP contribution in [0.5, 0.6) is 0 Å². The maximum atomic E-state index is 11.9. The van der Waals surface area contributed by atoms with E-state index in [1.807, 2.05) is 0 Å². The molecule has 12 heavy (non-hydrogen) atoms. The van der Waals surface area contributed by atoms with Gasteiger partial charge in [0.1, 0.15) is 6.67 Å². The van der Waals surface area contributed by atoms with Crippen molar-refractivity contribution in [2.24, 2.45) is 11.8 Å². The van der Waals surface area contributed by atoms with Gasteiger partial charge >= 0.3 is 0 Å². The molecule has 4 fully saturated rings. The second-order valence-electron chi connectivity index (χ2n) is 4.40. The molecular weight excluding hydrogens is 156 g/mol. The lowest BCUT2D eigenvalue weighted by molar-refractivity contribution is -0.912. The van der Waals surface area contributed by atoms with E-state index in [1.165, 1.54) is 0 Å². The predicted molar refractivity (Wildman–Crippen MR) is 41.8 cm³/mol. The number of quaternary nitrogens is 1. The van der Waals surface area contributed by atoms with Gasteiger partial charge in [0.15, 0.2) is 5.78 Å². The van der Waals surface area contributed by atoms with Gasteiger partial charge in [-0.3, -0.25) is 9.69 Å². The number of hydroxylamine groups is 3. The van der Waals surface area contributed by atoms with Crippen LogP contribution in [0.15, 0.2) is 0 Å². The van der Waals surface area contributed by atoms with Crippen molar-refractivity contribution < 1.29 is 9.44 Å². The van der Waals surface area contributed by atoms with Crippen LogP contribution >= 0.6 is 0 Å². The molecule has 4 aliphatic heterocycles. The SMILES string of the molecule is O=C1[C@@H]2CN3C[C@H]1C[N+]([O-])(C2)C3. The molecule has 4 bridgehead atoms. The Hall–Kier alpha value is -0.450. The van der Waals surface area contributed by atoms with Gasteiger partial charge in [-0.15, -0.1) is 0 Å². The highest BCUT2D eigenvalue weighted by molar-refractivity contribution is 5.85. The molecule has 4 atom stereocenters. The van der Waals surface area contributed by atoms with Crippen LogP contribution in [0.1, 0.15) is 0 Å². The first kappa shape index (κ1) is 7.00. The normalized spacial score (nSPS) is 56.4. The predicted octanol–water partition coefficient (Wildman–Crippen LogP) is -0.597. The highest BCUT2D eigenvalue weighted by Gasteiger charge is 2.51. The number of Topliss-reactive ketones (excluding diaryl/α,β-unsaturated/α-hetero) is 1. The van der Waals surface area contributed by atoms with Gasteiger partial charge in [0.25, 0.3) is 0 Å². The van der Waals surface area contributed by atoms with E-state index in [2.05, 4.69) is 4.90 Å². The topological polar surface area (TPSA) is 43.4 Å². The summed E-state index contributed by atoms with van der Waals surface area (Å²) in [6, 6.07) is 0. The fourth-order valence-corrected chi connectivity index (χ4v) is 2.98. The number of ketones is 1. The van der Waals surface area contributed by atoms with Gasteiger partial charge in [-0.2, -0.15) is 0 Å². The smallest absolute Gasteiger partial charge is 0.152 e. The van der Waals surface area contributed by atoms with Gasteiger partial charge in [0.2, 0.25) is 0 Å². The fraction of sp³-hybridized carbons (Fsp3) is 0.875. The van der Waals surface area contributed by atoms with E-state index in [0.29, 0.717) is 25.5 Å². The molecule has 4 saturated heterocycles. The van der Waals surface area contributed by atoms with E-state index >= 15 is 0 Å². The third kappa shape index (κ3) is 0.748. The van der Waals surface area contributed by atoms with Crippen LogP contribution in [0.2, 0.25) is 0 Å². The Morgan fingerprint density at radius 3 is 2.42 bits per heavy atom. The average Bonchev–Trinajstić information content (AvgIpc) is 1.96. The maximum Gasteiger partial charge on any atom is 0.152 e. The lowest BCUT2D eigenvalue weighted by Gasteiger charge is -2.60. The van der Waals surface area contributed by atoms with Crippen LogP contribution in [0.25, 0.3) is 0 Å². The Balaban J connectivity index is 2.00. The maximum absolute atomic E-state index is 11.9. The fourth-order valence-electron chi connectivity index (χ4n) is 2.98. The summed E-state index contributed by atoms with van der Waals surface area (Å²) in [4.78, 5) is 13.7. The Labute approximate surface area is 70.9 Å². The molecule has 0 spiro atoms. The molecule has 0 aliphatic carbocycles. The van der Waals surface area contributed by atoms with Crippen molar-refractivity contribution in [3.8, 4) is 0 Å². The molecule has 0 N–H and O–H groups in total. The minimum absolute atomic E-state index is 0.0590. The van der Waals surface area contributed by atoms with Crippen LogP contribution in [0, 0.1) is 17.0 Å². The summed E-state index contributed by atoms with van der Waals surface area (Å²) in [7, 11) is 0. The highest BCUT2D eigenvalue weighted by atomic mass is 16.5. The van der Waals surface area contributed by atoms with E-state index in [-0.39, 0.29) is 16.5 Å². The van der Waals surface area contributed by atoms with Gasteiger partial charge in [0, 0.05) is 13.1 Å². The Kier molecular flexibility index (Phi) is 1.10. The summed E-state index contributed by atoms with van der Waals surface area (Å²) in [5.74, 6) is 0.475. The number of hydrogen-bond donors (Lipinski definition) is 0. The zero-order valence-electron chi connectivity index (χ0n) is 6.90. The van der Waals surface area contributed by atoms with Crippen molar-refractivity contribution in [1.29, 1.82) is 0 Å². The lowest BCUT2D eigenvalue weighted by Crippen LogP contribution is -2.72. The summed E-state index contributed by atoms with van der Waals surface area (Å²) in [6.45, 7) is 3.41. The lowest BCUT2D eigenvalue weighted by atomic mass is 9.81. The molecule has 66 valence electrons. The number of piperidine rings is 2. The summed E-state index contributed by atoms with van der Waals surface area (Å²) in [5, 5.41) is 11.9. The molecule has 4 nitrogen and oxygen atoms in total. The molecule has 4 heteroatoms.